The standard InChI is InChI=1S/C12H18N4O2S2/c1-10-14-8-11(19-10)20(17,18)16-6-4-15(5-7-16)12(2,3)9-13/h8H,4-7H2,1-3H3. The highest BCUT2D eigenvalue weighted by molar-refractivity contribution is 7.91. The summed E-state index contributed by atoms with van der Waals surface area (Å²) >= 11 is 1.19. The van der Waals surface area contributed by atoms with Crippen molar-refractivity contribution in [1.82, 2.24) is 14.2 Å². The fraction of sp³-hybridized carbons (Fsp3) is 0.667. The first-order chi connectivity index (χ1) is 9.27. The Labute approximate surface area is 123 Å². The quantitative estimate of drug-likeness (QED) is 0.833. The first-order valence-electron chi connectivity index (χ1n) is 6.36. The van der Waals surface area contributed by atoms with E-state index in [1.165, 1.54) is 21.8 Å². The molecule has 2 rings (SSSR count). The minimum Gasteiger partial charge on any atom is -0.283 e. The van der Waals surface area contributed by atoms with E-state index in [0.29, 0.717) is 30.4 Å². The fourth-order valence-corrected chi connectivity index (χ4v) is 4.83. The Morgan fingerprint density at radius 1 is 1.35 bits per heavy atom. The molecule has 0 radical (unpaired) electrons. The van der Waals surface area contributed by atoms with Crippen LogP contribution in [0.15, 0.2) is 10.4 Å². The second-order valence-electron chi connectivity index (χ2n) is 5.26. The van der Waals surface area contributed by atoms with E-state index >= 15 is 0 Å². The minimum absolute atomic E-state index is 0.294. The van der Waals surface area contributed by atoms with Crippen molar-refractivity contribution in [3.63, 3.8) is 0 Å². The van der Waals surface area contributed by atoms with Gasteiger partial charge in [-0.25, -0.2) is 13.4 Å². The van der Waals surface area contributed by atoms with E-state index in [1.807, 2.05) is 18.7 Å². The Balaban J connectivity index is 2.10. The molecule has 0 unspecified atom stereocenters. The largest absolute Gasteiger partial charge is 0.283 e. The van der Waals surface area contributed by atoms with Crippen LogP contribution in [0, 0.1) is 18.3 Å². The van der Waals surface area contributed by atoms with Crippen molar-refractivity contribution in [2.45, 2.75) is 30.5 Å². The molecule has 0 saturated carbocycles. The summed E-state index contributed by atoms with van der Waals surface area (Å²) in [6.07, 6.45) is 1.42. The summed E-state index contributed by atoms with van der Waals surface area (Å²) in [4.78, 5) is 6.02. The molecule has 0 amide bonds. The van der Waals surface area contributed by atoms with Gasteiger partial charge in [0, 0.05) is 26.2 Å². The SMILES string of the molecule is Cc1ncc(S(=O)(=O)N2CCN(C(C)(C)C#N)CC2)s1. The average Bonchev–Trinajstić information content (AvgIpc) is 2.86. The van der Waals surface area contributed by atoms with Crippen LogP contribution in [0.25, 0.3) is 0 Å². The number of thiazole rings is 1. The molecule has 2 heterocycles. The third-order valence-corrected chi connectivity index (χ3v) is 6.75. The summed E-state index contributed by atoms with van der Waals surface area (Å²) in [5, 5.41) is 9.87. The van der Waals surface area contributed by atoms with E-state index in [-0.39, 0.29) is 0 Å². The van der Waals surface area contributed by atoms with Crippen molar-refractivity contribution in [3.8, 4) is 6.07 Å². The molecule has 1 aliphatic rings. The van der Waals surface area contributed by atoms with Gasteiger partial charge in [0.1, 0.15) is 5.54 Å². The van der Waals surface area contributed by atoms with Crippen molar-refractivity contribution in [1.29, 1.82) is 5.26 Å². The molecule has 0 N–H and O–H groups in total. The molecule has 1 aromatic rings. The molecule has 0 atom stereocenters. The smallest absolute Gasteiger partial charge is 0.254 e. The van der Waals surface area contributed by atoms with Gasteiger partial charge in [-0.05, 0) is 20.8 Å². The first-order valence-corrected chi connectivity index (χ1v) is 8.62. The Morgan fingerprint density at radius 3 is 2.40 bits per heavy atom. The molecule has 0 aliphatic carbocycles. The second kappa shape index (κ2) is 5.41. The Morgan fingerprint density at radius 2 is 1.95 bits per heavy atom. The molecule has 8 heteroatoms. The maximum atomic E-state index is 12.4. The van der Waals surface area contributed by atoms with Gasteiger partial charge in [-0.15, -0.1) is 11.3 Å². The van der Waals surface area contributed by atoms with Gasteiger partial charge in [-0.2, -0.15) is 9.57 Å². The molecule has 1 saturated heterocycles. The van der Waals surface area contributed by atoms with Gasteiger partial charge in [0.15, 0.2) is 4.21 Å². The molecular weight excluding hydrogens is 296 g/mol. The summed E-state index contributed by atoms with van der Waals surface area (Å²) in [5.41, 5.74) is -0.559. The van der Waals surface area contributed by atoms with Crippen molar-refractivity contribution in [2.75, 3.05) is 26.2 Å². The van der Waals surface area contributed by atoms with Gasteiger partial charge in [-0.3, -0.25) is 4.90 Å². The molecule has 1 aromatic heterocycles. The third-order valence-electron chi connectivity index (χ3n) is 3.50. The Kier molecular flexibility index (Phi) is 4.16. The lowest BCUT2D eigenvalue weighted by atomic mass is 10.0. The van der Waals surface area contributed by atoms with Crippen LogP contribution < -0.4 is 0 Å². The van der Waals surface area contributed by atoms with E-state index in [0.717, 1.165) is 5.01 Å². The lowest BCUT2D eigenvalue weighted by Crippen LogP contribution is -2.55. The van der Waals surface area contributed by atoms with E-state index in [2.05, 4.69) is 11.1 Å². The van der Waals surface area contributed by atoms with Gasteiger partial charge in [0.2, 0.25) is 0 Å². The molecule has 0 aromatic carbocycles. The lowest BCUT2D eigenvalue weighted by molar-refractivity contribution is 0.115. The number of nitriles is 1. The third kappa shape index (κ3) is 2.86. The highest BCUT2D eigenvalue weighted by Gasteiger charge is 2.34. The van der Waals surface area contributed by atoms with Crippen molar-refractivity contribution in [2.24, 2.45) is 0 Å². The van der Waals surface area contributed by atoms with Crippen LogP contribution >= 0.6 is 11.3 Å². The Hall–Kier alpha value is -1.01. The molecular formula is C12H18N4O2S2. The number of rotatable bonds is 3. The monoisotopic (exact) mass is 314 g/mol. The number of sulfonamides is 1. The average molecular weight is 314 g/mol. The second-order valence-corrected chi connectivity index (χ2v) is 8.66. The molecule has 20 heavy (non-hydrogen) atoms. The summed E-state index contributed by atoms with van der Waals surface area (Å²) in [5.74, 6) is 0. The van der Waals surface area contributed by atoms with E-state index in [4.69, 9.17) is 5.26 Å². The molecule has 1 fully saturated rings. The molecule has 1 aliphatic heterocycles. The van der Waals surface area contributed by atoms with Gasteiger partial charge < -0.3 is 0 Å². The number of piperazine rings is 1. The highest BCUT2D eigenvalue weighted by atomic mass is 32.2. The number of aryl methyl sites for hydroxylation is 1. The van der Waals surface area contributed by atoms with Gasteiger partial charge in [-0.1, -0.05) is 0 Å². The maximum absolute atomic E-state index is 12.4. The van der Waals surface area contributed by atoms with Crippen molar-refractivity contribution in [3.05, 3.63) is 11.2 Å². The van der Waals surface area contributed by atoms with Crippen LogP contribution in [0.4, 0.5) is 0 Å². The normalized spacial score (nSPS) is 18.9. The van der Waals surface area contributed by atoms with E-state index in [1.54, 1.807) is 6.92 Å². The van der Waals surface area contributed by atoms with Gasteiger partial charge in [0.05, 0.1) is 17.3 Å². The highest BCUT2D eigenvalue weighted by Crippen LogP contribution is 2.24. The molecule has 6 nitrogen and oxygen atoms in total. The number of hydrogen-bond donors (Lipinski definition) is 0. The number of nitrogens with zero attached hydrogens (tertiary/aromatic N) is 4. The molecule has 0 bridgehead atoms. The zero-order valence-corrected chi connectivity index (χ0v) is 13.5. The number of hydrogen-bond acceptors (Lipinski definition) is 6. The zero-order valence-electron chi connectivity index (χ0n) is 11.8. The lowest BCUT2D eigenvalue weighted by Gasteiger charge is -2.39. The minimum atomic E-state index is -3.44. The van der Waals surface area contributed by atoms with Crippen LogP contribution in [0.1, 0.15) is 18.9 Å². The Bertz CT molecular complexity index is 622. The first kappa shape index (κ1) is 15.4. The van der Waals surface area contributed by atoms with Crippen LogP contribution in [0.3, 0.4) is 0 Å². The predicted octanol–water partition coefficient (Wildman–Crippen LogP) is 1.06. The zero-order chi connectivity index (χ0) is 15.0. The number of aromatic nitrogens is 1. The van der Waals surface area contributed by atoms with Crippen LogP contribution in [0.5, 0.6) is 0 Å². The van der Waals surface area contributed by atoms with Crippen molar-refractivity contribution < 1.29 is 8.42 Å². The van der Waals surface area contributed by atoms with Crippen LogP contribution in [0.2, 0.25) is 0 Å². The van der Waals surface area contributed by atoms with Crippen LogP contribution in [-0.4, -0.2) is 54.3 Å². The van der Waals surface area contributed by atoms with Crippen LogP contribution in [-0.2, 0) is 10.0 Å². The predicted molar refractivity (Wildman–Crippen MR) is 76.9 cm³/mol. The fourth-order valence-electron chi connectivity index (χ4n) is 2.15. The topological polar surface area (TPSA) is 77.3 Å². The summed E-state index contributed by atoms with van der Waals surface area (Å²) in [6.45, 7) is 7.44. The van der Waals surface area contributed by atoms with E-state index in [9.17, 15) is 8.42 Å². The summed E-state index contributed by atoms with van der Waals surface area (Å²) in [7, 11) is -3.44. The molecule has 110 valence electrons. The summed E-state index contributed by atoms with van der Waals surface area (Å²) < 4.78 is 26.6. The summed E-state index contributed by atoms with van der Waals surface area (Å²) in [6, 6.07) is 2.25. The maximum Gasteiger partial charge on any atom is 0.254 e. The van der Waals surface area contributed by atoms with E-state index < -0.39 is 15.6 Å². The molecule has 0 spiro atoms. The van der Waals surface area contributed by atoms with Gasteiger partial charge >= 0.3 is 0 Å². The van der Waals surface area contributed by atoms with Crippen molar-refractivity contribution >= 4 is 21.4 Å². The van der Waals surface area contributed by atoms with Gasteiger partial charge in [0.25, 0.3) is 10.0 Å².